The molecule has 30 heavy (non-hydrogen) atoms. The standard InChI is InChI=1S/C18H23N7O4S/c1-30-18-21-16(23-6-8-29-9-7-23)12-10-20-25(17(12)22-18)5-4-19-13(26)11-24-14(27)2-3-15(24)28/h10H,2-9,11H2,1H3,(H,19,26). The SMILES string of the molecule is CSc1nc(N2CCOCC2)c2cnn(CCNC(=O)CN3C(=O)CCC3=O)c2n1. The molecule has 11 nitrogen and oxygen atoms in total. The van der Waals surface area contributed by atoms with Gasteiger partial charge in [0.05, 0.1) is 31.3 Å². The number of aromatic nitrogens is 4. The highest BCUT2D eigenvalue weighted by atomic mass is 32.2. The highest BCUT2D eigenvalue weighted by Gasteiger charge is 2.30. The van der Waals surface area contributed by atoms with Crippen LogP contribution in [0.1, 0.15) is 12.8 Å². The third kappa shape index (κ3) is 4.24. The highest BCUT2D eigenvalue weighted by molar-refractivity contribution is 7.98. The summed E-state index contributed by atoms with van der Waals surface area (Å²) in [4.78, 5) is 47.8. The van der Waals surface area contributed by atoms with Crippen molar-refractivity contribution >= 4 is 46.3 Å². The summed E-state index contributed by atoms with van der Waals surface area (Å²) in [5.74, 6) is -0.132. The van der Waals surface area contributed by atoms with Crippen molar-refractivity contribution < 1.29 is 19.1 Å². The molecular weight excluding hydrogens is 410 g/mol. The fourth-order valence-corrected chi connectivity index (χ4v) is 3.85. The molecule has 0 spiro atoms. The lowest BCUT2D eigenvalue weighted by Crippen LogP contribution is -2.40. The molecule has 0 aromatic carbocycles. The number of hydrogen-bond donors (Lipinski definition) is 1. The quantitative estimate of drug-likeness (QED) is 0.355. The van der Waals surface area contributed by atoms with Crippen LogP contribution in [-0.2, 0) is 25.7 Å². The van der Waals surface area contributed by atoms with Gasteiger partial charge in [0.25, 0.3) is 0 Å². The first-order chi connectivity index (χ1) is 14.6. The molecule has 2 aromatic rings. The Labute approximate surface area is 177 Å². The zero-order valence-electron chi connectivity index (χ0n) is 16.7. The van der Waals surface area contributed by atoms with Gasteiger partial charge in [0.1, 0.15) is 12.4 Å². The number of rotatable bonds is 7. The van der Waals surface area contributed by atoms with E-state index in [4.69, 9.17) is 4.74 Å². The summed E-state index contributed by atoms with van der Waals surface area (Å²) in [7, 11) is 0. The highest BCUT2D eigenvalue weighted by Crippen LogP contribution is 2.27. The number of nitrogens with one attached hydrogen (secondary N) is 1. The van der Waals surface area contributed by atoms with E-state index < -0.39 is 0 Å². The van der Waals surface area contributed by atoms with Gasteiger partial charge in [-0.05, 0) is 6.26 Å². The summed E-state index contributed by atoms with van der Waals surface area (Å²) < 4.78 is 7.16. The zero-order chi connectivity index (χ0) is 21.1. The molecule has 0 saturated carbocycles. The summed E-state index contributed by atoms with van der Waals surface area (Å²) in [6, 6.07) is 0. The number of carbonyl (C=O) groups is 3. The number of thioether (sulfide) groups is 1. The van der Waals surface area contributed by atoms with Gasteiger partial charge in [-0.1, -0.05) is 11.8 Å². The summed E-state index contributed by atoms with van der Waals surface area (Å²) in [6.45, 7) is 3.30. The molecule has 1 N–H and O–H groups in total. The fourth-order valence-electron chi connectivity index (χ4n) is 3.49. The van der Waals surface area contributed by atoms with E-state index in [9.17, 15) is 14.4 Å². The summed E-state index contributed by atoms with van der Waals surface area (Å²) in [5, 5.41) is 8.68. The van der Waals surface area contributed by atoms with E-state index >= 15 is 0 Å². The molecule has 2 aliphatic heterocycles. The summed E-state index contributed by atoms with van der Waals surface area (Å²) in [6.07, 6.45) is 4.02. The van der Waals surface area contributed by atoms with Gasteiger partial charge in [0.2, 0.25) is 17.7 Å². The number of fused-ring (bicyclic) bond motifs is 1. The van der Waals surface area contributed by atoms with Crippen LogP contribution in [-0.4, -0.2) is 88.0 Å². The molecule has 4 rings (SSSR count). The first kappa shape index (κ1) is 20.5. The van der Waals surface area contributed by atoms with Crippen molar-refractivity contribution in [1.29, 1.82) is 0 Å². The Morgan fingerprint density at radius 2 is 1.93 bits per heavy atom. The Morgan fingerprint density at radius 3 is 2.63 bits per heavy atom. The molecule has 0 atom stereocenters. The van der Waals surface area contributed by atoms with Gasteiger partial charge in [-0.15, -0.1) is 0 Å². The molecule has 2 aromatic heterocycles. The van der Waals surface area contributed by atoms with Gasteiger partial charge in [-0.25, -0.2) is 14.6 Å². The lowest BCUT2D eigenvalue weighted by molar-refractivity contribution is -0.142. The second kappa shape index (κ2) is 8.96. The van der Waals surface area contributed by atoms with Crippen molar-refractivity contribution in [2.75, 3.05) is 50.5 Å². The molecule has 0 radical (unpaired) electrons. The van der Waals surface area contributed by atoms with Crippen molar-refractivity contribution in [2.24, 2.45) is 0 Å². The Hall–Kier alpha value is -2.73. The number of imide groups is 1. The van der Waals surface area contributed by atoms with Crippen LogP contribution in [0.2, 0.25) is 0 Å². The van der Waals surface area contributed by atoms with Crippen LogP contribution in [0.25, 0.3) is 11.0 Å². The number of nitrogens with zero attached hydrogens (tertiary/aromatic N) is 6. The minimum atomic E-state index is -0.372. The predicted molar refractivity (Wildman–Crippen MR) is 109 cm³/mol. The minimum Gasteiger partial charge on any atom is -0.378 e. The molecule has 2 fully saturated rings. The molecule has 0 aliphatic carbocycles. The van der Waals surface area contributed by atoms with Crippen molar-refractivity contribution in [2.45, 2.75) is 24.5 Å². The smallest absolute Gasteiger partial charge is 0.240 e. The molecular formula is C18H23N7O4S. The summed E-state index contributed by atoms with van der Waals surface area (Å²) >= 11 is 1.46. The van der Waals surface area contributed by atoms with E-state index in [1.54, 1.807) is 10.9 Å². The maximum atomic E-state index is 12.1. The van der Waals surface area contributed by atoms with Crippen LogP contribution in [0.4, 0.5) is 5.82 Å². The Balaban J connectivity index is 1.43. The van der Waals surface area contributed by atoms with Crippen LogP contribution >= 0.6 is 11.8 Å². The largest absolute Gasteiger partial charge is 0.378 e. The predicted octanol–water partition coefficient (Wildman–Crippen LogP) is -0.350. The molecule has 4 heterocycles. The number of morpholine rings is 1. The van der Waals surface area contributed by atoms with E-state index in [2.05, 4.69) is 25.3 Å². The van der Waals surface area contributed by atoms with Gasteiger partial charge in [-0.3, -0.25) is 19.3 Å². The van der Waals surface area contributed by atoms with Crippen LogP contribution in [0, 0.1) is 0 Å². The topological polar surface area (TPSA) is 123 Å². The van der Waals surface area contributed by atoms with Gasteiger partial charge in [0.15, 0.2) is 10.8 Å². The first-order valence-electron chi connectivity index (χ1n) is 9.77. The molecule has 12 heteroatoms. The molecule has 2 aliphatic rings. The summed E-state index contributed by atoms with van der Waals surface area (Å²) in [5.41, 5.74) is 0.704. The third-order valence-electron chi connectivity index (χ3n) is 5.05. The number of carbonyl (C=O) groups excluding carboxylic acids is 3. The number of hydrogen-bond acceptors (Lipinski definition) is 9. The van der Waals surface area contributed by atoms with E-state index in [0.717, 1.165) is 29.2 Å². The molecule has 3 amide bonds. The van der Waals surface area contributed by atoms with Gasteiger partial charge < -0.3 is 15.0 Å². The normalized spacial score (nSPS) is 17.2. The van der Waals surface area contributed by atoms with Crippen LogP contribution < -0.4 is 10.2 Å². The third-order valence-corrected chi connectivity index (χ3v) is 5.60. The Morgan fingerprint density at radius 1 is 1.20 bits per heavy atom. The molecule has 160 valence electrons. The number of ether oxygens (including phenoxy) is 1. The number of likely N-dealkylation sites (tertiary alicyclic amines) is 1. The van der Waals surface area contributed by atoms with Crippen molar-refractivity contribution in [3.63, 3.8) is 0 Å². The molecule has 0 unspecified atom stereocenters. The van der Waals surface area contributed by atoms with E-state index in [1.807, 2.05) is 6.26 Å². The molecule has 2 saturated heterocycles. The fraction of sp³-hybridized carbons (Fsp3) is 0.556. The van der Waals surface area contributed by atoms with E-state index in [-0.39, 0.29) is 37.1 Å². The second-order valence-electron chi connectivity index (χ2n) is 6.96. The van der Waals surface area contributed by atoms with Crippen LogP contribution in [0.15, 0.2) is 11.4 Å². The maximum absolute atomic E-state index is 12.1. The van der Waals surface area contributed by atoms with E-state index in [0.29, 0.717) is 37.1 Å². The lowest BCUT2D eigenvalue weighted by atomic mass is 10.3. The van der Waals surface area contributed by atoms with Crippen molar-refractivity contribution in [1.82, 2.24) is 30.0 Å². The Bertz CT molecular complexity index is 957. The molecule has 0 bridgehead atoms. The van der Waals surface area contributed by atoms with Gasteiger partial charge in [-0.2, -0.15) is 5.10 Å². The minimum absolute atomic E-state index is 0.175. The Kier molecular flexibility index (Phi) is 6.13. The lowest BCUT2D eigenvalue weighted by Gasteiger charge is -2.28. The second-order valence-corrected chi connectivity index (χ2v) is 7.74. The van der Waals surface area contributed by atoms with E-state index in [1.165, 1.54) is 11.8 Å². The van der Waals surface area contributed by atoms with Crippen molar-refractivity contribution in [3.05, 3.63) is 6.20 Å². The zero-order valence-corrected chi connectivity index (χ0v) is 17.5. The van der Waals surface area contributed by atoms with Crippen LogP contribution in [0.3, 0.4) is 0 Å². The van der Waals surface area contributed by atoms with Crippen LogP contribution in [0.5, 0.6) is 0 Å². The maximum Gasteiger partial charge on any atom is 0.240 e. The average Bonchev–Trinajstić information content (AvgIpc) is 3.31. The van der Waals surface area contributed by atoms with Gasteiger partial charge >= 0.3 is 0 Å². The average molecular weight is 433 g/mol. The monoisotopic (exact) mass is 433 g/mol. The first-order valence-corrected chi connectivity index (χ1v) is 11.0. The van der Waals surface area contributed by atoms with Gasteiger partial charge in [0, 0.05) is 32.5 Å². The van der Waals surface area contributed by atoms with Crippen molar-refractivity contribution in [3.8, 4) is 0 Å². The number of amides is 3. The number of anilines is 1.